The lowest BCUT2D eigenvalue weighted by atomic mass is 9.87. The Bertz CT molecular complexity index is 453. The van der Waals surface area contributed by atoms with E-state index >= 15 is 0 Å². The Morgan fingerprint density at radius 2 is 1.94 bits per heavy atom. The fraction of sp³-hybridized carbons (Fsp3) is 0.375. The number of nitrogens with two attached hydrogens (primary N) is 1. The first-order valence-corrected chi connectivity index (χ1v) is 6.40. The molecule has 92 valence electrons. The third-order valence-electron chi connectivity index (χ3n) is 3.16. The van der Waals surface area contributed by atoms with E-state index in [1.54, 1.807) is 0 Å². The van der Waals surface area contributed by atoms with Crippen molar-refractivity contribution in [2.45, 2.75) is 40.5 Å². The van der Waals surface area contributed by atoms with Crippen molar-refractivity contribution in [3.05, 3.63) is 46.5 Å². The summed E-state index contributed by atoms with van der Waals surface area (Å²) in [6.07, 6.45) is 6.17. The maximum absolute atomic E-state index is 6.11. The van der Waals surface area contributed by atoms with Gasteiger partial charge in [-0.25, -0.2) is 0 Å². The normalized spacial score (nSPS) is 12.8. The molecule has 2 rings (SSSR count). The SMILES string of the molecule is C=C1C=Cc2cc(CC)c(N)c(C)c2C1.CC. The van der Waals surface area contributed by atoms with Gasteiger partial charge in [-0.15, -0.1) is 0 Å². The van der Waals surface area contributed by atoms with Gasteiger partial charge >= 0.3 is 0 Å². The number of fused-ring (bicyclic) bond motifs is 1. The molecular formula is C16H23N. The highest BCUT2D eigenvalue weighted by atomic mass is 14.6. The molecule has 2 N–H and O–H groups in total. The zero-order valence-corrected chi connectivity index (χ0v) is 11.4. The van der Waals surface area contributed by atoms with Gasteiger partial charge < -0.3 is 5.73 Å². The fourth-order valence-electron chi connectivity index (χ4n) is 2.14. The predicted molar refractivity (Wildman–Crippen MR) is 78.2 cm³/mol. The minimum absolute atomic E-state index is 0.936. The van der Waals surface area contributed by atoms with Crippen molar-refractivity contribution in [2.75, 3.05) is 5.73 Å². The fourth-order valence-corrected chi connectivity index (χ4v) is 2.14. The summed E-state index contributed by atoms with van der Waals surface area (Å²) in [5, 5.41) is 0. The third kappa shape index (κ3) is 2.60. The molecule has 0 saturated carbocycles. The largest absolute Gasteiger partial charge is 0.398 e. The zero-order valence-electron chi connectivity index (χ0n) is 11.4. The molecule has 0 radical (unpaired) electrons. The molecule has 0 unspecified atom stereocenters. The Balaban J connectivity index is 0.000000686. The van der Waals surface area contributed by atoms with E-state index in [0.717, 1.165) is 24.1 Å². The molecule has 1 aromatic carbocycles. The number of benzene rings is 1. The Hall–Kier alpha value is -1.50. The molecule has 17 heavy (non-hydrogen) atoms. The molecule has 0 heterocycles. The lowest BCUT2D eigenvalue weighted by molar-refractivity contribution is 1.09. The molecule has 0 aromatic heterocycles. The van der Waals surface area contributed by atoms with Gasteiger partial charge in [-0.3, -0.25) is 0 Å². The highest BCUT2D eigenvalue weighted by molar-refractivity contribution is 5.70. The Morgan fingerprint density at radius 1 is 1.29 bits per heavy atom. The van der Waals surface area contributed by atoms with Gasteiger partial charge in [0, 0.05) is 5.69 Å². The summed E-state index contributed by atoms with van der Waals surface area (Å²) in [6, 6.07) is 2.21. The van der Waals surface area contributed by atoms with E-state index in [9.17, 15) is 0 Å². The maximum Gasteiger partial charge on any atom is 0.0379 e. The van der Waals surface area contributed by atoms with Crippen molar-refractivity contribution in [1.82, 2.24) is 0 Å². The topological polar surface area (TPSA) is 26.0 Å². The van der Waals surface area contributed by atoms with E-state index in [1.807, 2.05) is 13.8 Å². The van der Waals surface area contributed by atoms with Gasteiger partial charge in [0.1, 0.15) is 0 Å². The lowest BCUT2D eigenvalue weighted by Gasteiger charge is -2.19. The second kappa shape index (κ2) is 5.72. The quantitative estimate of drug-likeness (QED) is 0.714. The molecule has 1 aromatic rings. The molecule has 1 aliphatic rings. The van der Waals surface area contributed by atoms with Crippen LogP contribution in [-0.4, -0.2) is 0 Å². The molecular weight excluding hydrogens is 206 g/mol. The number of nitrogen functional groups attached to an aromatic ring is 1. The molecule has 1 aliphatic carbocycles. The highest BCUT2D eigenvalue weighted by Gasteiger charge is 2.13. The summed E-state index contributed by atoms with van der Waals surface area (Å²) in [4.78, 5) is 0. The number of allylic oxidation sites excluding steroid dienone is 2. The number of aryl methyl sites for hydroxylation is 1. The molecule has 0 fully saturated rings. The van der Waals surface area contributed by atoms with Crippen molar-refractivity contribution >= 4 is 11.8 Å². The van der Waals surface area contributed by atoms with Gasteiger partial charge in [-0.2, -0.15) is 0 Å². The van der Waals surface area contributed by atoms with Gasteiger partial charge in [0.25, 0.3) is 0 Å². The first-order chi connectivity index (χ1) is 8.13. The first kappa shape index (κ1) is 13.6. The second-order valence-corrected chi connectivity index (χ2v) is 4.16. The molecule has 0 bridgehead atoms. The average Bonchev–Trinajstić information content (AvgIpc) is 2.37. The molecule has 0 atom stereocenters. The predicted octanol–water partition coefficient (Wildman–Crippen LogP) is 4.29. The number of rotatable bonds is 1. The molecule has 1 nitrogen and oxygen atoms in total. The van der Waals surface area contributed by atoms with Crippen LogP contribution in [0, 0.1) is 6.92 Å². The van der Waals surface area contributed by atoms with Crippen molar-refractivity contribution in [2.24, 2.45) is 0 Å². The van der Waals surface area contributed by atoms with E-state index in [4.69, 9.17) is 5.73 Å². The van der Waals surface area contributed by atoms with Crippen LogP contribution in [-0.2, 0) is 12.8 Å². The van der Waals surface area contributed by atoms with Gasteiger partial charge in [0.05, 0.1) is 0 Å². The Morgan fingerprint density at radius 3 is 2.53 bits per heavy atom. The van der Waals surface area contributed by atoms with Crippen LogP contribution in [0.5, 0.6) is 0 Å². The Labute approximate surface area is 105 Å². The standard InChI is InChI=1S/C14H17N.C2H6/c1-4-11-8-12-6-5-9(2)7-13(12)10(3)14(11)15;1-2/h5-6,8H,2,4,7,15H2,1,3H3;1-2H3. The van der Waals surface area contributed by atoms with Gasteiger partial charge in [0.2, 0.25) is 0 Å². The van der Waals surface area contributed by atoms with Crippen LogP contribution < -0.4 is 5.73 Å². The zero-order chi connectivity index (χ0) is 13.0. The van der Waals surface area contributed by atoms with E-state index in [-0.39, 0.29) is 0 Å². The van der Waals surface area contributed by atoms with E-state index in [0.29, 0.717) is 0 Å². The minimum atomic E-state index is 0.936. The summed E-state index contributed by atoms with van der Waals surface area (Å²) in [5.74, 6) is 0. The van der Waals surface area contributed by atoms with Crippen LogP contribution in [0.15, 0.2) is 24.3 Å². The second-order valence-electron chi connectivity index (χ2n) is 4.16. The third-order valence-corrected chi connectivity index (χ3v) is 3.16. The van der Waals surface area contributed by atoms with Crippen molar-refractivity contribution in [3.8, 4) is 0 Å². The van der Waals surface area contributed by atoms with Gasteiger partial charge in [-0.1, -0.05) is 45.1 Å². The molecule has 0 saturated heterocycles. The summed E-state index contributed by atoms with van der Waals surface area (Å²) in [5.41, 5.74) is 13.4. The monoisotopic (exact) mass is 229 g/mol. The van der Waals surface area contributed by atoms with E-state index in [2.05, 4.69) is 38.6 Å². The Kier molecular flexibility index (Phi) is 4.56. The van der Waals surface area contributed by atoms with Gasteiger partial charge in [0.15, 0.2) is 0 Å². The number of hydrogen-bond donors (Lipinski definition) is 1. The van der Waals surface area contributed by atoms with E-state index in [1.165, 1.54) is 22.3 Å². The lowest BCUT2D eigenvalue weighted by Crippen LogP contribution is -2.06. The molecule has 0 aliphatic heterocycles. The van der Waals surface area contributed by atoms with Crippen LogP contribution in [0.3, 0.4) is 0 Å². The first-order valence-electron chi connectivity index (χ1n) is 6.40. The highest BCUT2D eigenvalue weighted by Crippen LogP contribution is 2.31. The van der Waals surface area contributed by atoms with Crippen molar-refractivity contribution < 1.29 is 0 Å². The molecule has 0 spiro atoms. The van der Waals surface area contributed by atoms with Crippen LogP contribution >= 0.6 is 0 Å². The summed E-state index contributed by atoms with van der Waals surface area (Å²) in [6.45, 7) is 12.3. The van der Waals surface area contributed by atoms with E-state index < -0.39 is 0 Å². The summed E-state index contributed by atoms with van der Waals surface area (Å²) < 4.78 is 0. The van der Waals surface area contributed by atoms with Crippen LogP contribution in [0.25, 0.3) is 6.08 Å². The summed E-state index contributed by atoms with van der Waals surface area (Å²) in [7, 11) is 0. The smallest absolute Gasteiger partial charge is 0.0379 e. The number of hydrogen-bond acceptors (Lipinski definition) is 1. The summed E-state index contributed by atoms with van der Waals surface area (Å²) >= 11 is 0. The minimum Gasteiger partial charge on any atom is -0.398 e. The average molecular weight is 229 g/mol. The maximum atomic E-state index is 6.11. The van der Waals surface area contributed by atoms with Crippen LogP contribution in [0.1, 0.15) is 43.0 Å². The van der Waals surface area contributed by atoms with Crippen molar-refractivity contribution in [1.29, 1.82) is 0 Å². The molecule has 1 heteroatoms. The van der Waals surface area contributed by atoms with Crippen LogP contribution in [0.4, 0.5) is 5.69 Å². The van der Waals surface area contributed by atoms with Gasteiger partial charge in [-0.05, 0) is 48.1 Å². The van der Waals surface area contributed by atoms with Crippen LogP contribution in [0.2, 0.25) is 0 Å². The number of anilines is 1. The van der Waals surface area contributed by atoms with Crippen molar-refractivity contribution in [3.63, 3.8) is 0 Å². The molecule has 0 amide bonds.